The highest BCUT2D eigenvalue weighted by Crippen LogP contribution is 2.41. The van der Waals surface area contributed by atoms with E-state index in [0.29, 0.717) is 0 Å². The van der Waals surface area contributed by atoms with Crippen LogP contribution in [0.4, 0.5) is 0 Å². The average molecular weight is 313 g/mol. The largest absolute Gasteiger partial charge is 0.343 e. The maximum absolute atomic E-state index is 2.40. The van der Waals surface area contributed by atoms with E-state index in [4.69, 9.17) is 0 Å². The van der Waals surface area contributed by atoms with Gasteiger partial charge in [0.05, 0.1) is 11.4 Å². The molecule has 0 atom stereocenters. The van der Waals surface area contributed by atoms with E-state index in [9.17, 15) is 0 Å². The van der Waals surface area contributed by atoms with E-state index < -0.39 is 0 Å². The molecule has 1 aliphatic carbocycles. The van der Waals surface area contributed by atoms with Gasteiger partial charge in [-0.3, -0.25) is 0 Å². The first-order valence-electron chi connectivity index (χ1n) is 8.63. The quantitative estimate of drug-likeness (QED) is 0.527. The molecule has 0 fully saturated rings. The zero-order valence-electron chi connectivity index (χ0n) is 14.6. The number of nitrogens with zero attached hydrogens (tertiary/aromatic N) is 1. The lowest BCUT2D eigenvalue weighted by Crippen LogP contribution is -2.05. The predicted octanol–water partition coefficient (Wildman–Crippen LogP) is 5.79. The molecule has 120 valence electrons. The highest BCUT2D eigenvalue weighted by molar-refractivity contribution is 5.78. The van der Waals surface area contributed by atoms with Crippen LogP contribution in [0.25, 0.3) is 22.5 Å². The molecule has 0 amide bonds. The second kappa shape index (κ2) is 5.83. The van der Waals surface area contributed by atoms with Crippen molar-refractivity contribution in [2.75, 3.05) is 0 Å². The molecule has 1 heteroatoms. The molecule has 1 aromatic heterocycles. The molecule has 2 aromatic carbocycles. The molecular weight excluding hydrogens is 290 g/mol. The first kappa shape index (κ1) is 15.0. The fourth-order valence-electron chi connectivity index (χ4n) is 3.94. The third kappa shape index (κ3) is 2.32. The lowest BCUT2D eigenvalue weighted by Gasteiger charge is -2.18. The molecule has 0 spiro atoms. The van der Waals surface area contributed by atoms with Crippen LogP contribution in [0.2, 0.25) is 0 Å². The van der Waals surface area contributed by atoms with Gasteiger partial charge in [0, 0.05) is 7.05 Å². The van der Waals surface area contributed by atoms with Crippen molar-refractivity contribution in [3.63, 3.8) is 0 Å². The van der Waals surface area contributed by atoms with E-state index in [2.05, 4.69) is 86.1 Å². The maximum Gasteiger partial charge on any atom is 0.0521 e. The fourth-order valence-corrected chi connectivity index (χ4v) is 3.94. The van der Waals surface area contributed by atoms with Gasteiger partial charge >= 0.3 is 0 Å². The van der Waals surface area contributed by atoms with Crippen molar-refractivity contribution in [1.82, 2.24) is 4.57 Å². The highest BCUT2D eigenvalue weighted by atomic mass is 15.0. The minimum Gasteiger partial charge on any atom is -0.343 e. The summed E-state index contributed by atoms with van der Waals surface area (Å²) in [6, 6.07) is 21.6. The van der Waals surface area contributed by atoms with Gasteiger partial charge in [-0.15, -0.1) is 0 Å². The van der Waals surface area contributed by atoms with Crippen LogP contribution in [0.15, 0.2) is 71.8 Å². The van der Waals surface area contributed by atoms with E-state index in [1.807, 2.05) is 0 Å². The Morgan fingerprint density at radius 3 is 1.38 bits per heavy atom. The molecular formula is C23H23N. The molecule has 0 N–H and O–H groups in total. The highest BCUT2D eigenvalue weighted by Gasteiger charge is 2.26. The second-order valence-corrected chi connectivity index (χ2v) is 6.86. The van der Waals surface area contributed by atoms with Gasteiger partial charge in [0.2, 0.25) is 0 Å². The van der Waals surface area contributed by atoms with Crippen LogP contribution in [-0.2, 0) is 19.9 Å². The van der Waals surface area contributed by atoms with Gasteiger partial charge in [0.25, 0.3) is 0 Å². The molecule has 3 aromatic rings. The Morgan fingerprint density at radius 2 is 1.00 bits per heavy atom. The first-order valence-corrected chi connectivity index (χ1v) is 8.63. The molecule has 0 radical (unpaired) electrons. The van der Waals surface area contributed by atoms with Crippen LogP contribution in [-0.4, -0.2) is 4.57 Å². The van der Waals surface area contributed by atoms with Crippen molar-refractivity contribution >= 4 is 0 Å². The van der Waals surface area contributed by atoms with E-state index in [0.717, 1.165) is 12.8 Å². The summed E-state index contributed by atoms with van der Waals surface area (Å²) in [6.07, 6.45) is 2.12. The van der Waals surface area contributed by atoms with Gasteiger partial charge in [0.1, 0.15) is 0 Å². The number of aromatic nitrogens is 1. The minimum absolute atomic E-state index is 1.06. The number of benzene rings is 2. The molecule has 0 bridgehead atoms. The van der Waals surface area contributed by atoms with E-state index in [1.165, 1.54) is 44.8 Å². The van der Waals surface area contributed by atoms with Gasteiger partial charge in [-0.05, 0) is 48.9 Å². The number of hydrogen-bond acceptors (Lipinski definition) is 0. The van der Waals surface area contributed by atoms with Crippen molar-refractivity contribution in [1.29, 1.82) is 0 Å². The second-order valence-electron chi connectivity index (χ2n) is 6.86. The first-order chi connectivity index (χ1) is 11.7. The Labute approximate surface area is 144 Å². The zero-order chi connectivity index (χ0) is 16.7. The van der Waals surface area contributed by atoms with Gasteiger partial charge in [-0.2, -0.15) is 0 Å². The SMILES string of the molecule is CC1=C(C)Cc2c(c(-c3ccccc3)n(C)c2-c2ccccc2)C1. The number of rotatable bonds is 2. The van der Waals surface area contributed by atoms with Crippen molar-refractivity contribution in [2.24, 2.45) is 7.05 Å². The van der Waals surface area contributed by atoms with Crippen LogP contribution in [0.3, 0.4) is 0 Å². The van der Waals surface area contributed by atoms with Gasteiger partial charge < -0.3 is 4.57 Å². The smallest absolute Gasteiger partial charge is 0.0521 e. The van der Waals surface area contributed by atoms with Gasteiger partial charge in [-0.25, -0.2) is 0 Å². The van der Waals surface area contributed by atoms with Gasteiger partial charge in [-0.1, -0.05) is 71.8 Å². The van der Waals surface area contributed by atoms with Crippen molar-refractivity contribution < 1.29 is 0 Å². The Balaban J connectivity index is 2.01. The third-order valence-corrected chi connectivity index (χ3v) is 5.31. The van der Waals surface area contributed by atoms with Crippen molar-refractivity contribution in [3.05, 3.63) is 82.9 Å². The molecule has 1 heterocycles. The zero-order valence-corrected chi connectivity index (χ0v) is 14.6. The third-order valence-electron chi connectivity index (χ3n) is 5.31. The lowest BCUT2D eigenvalue weighted by molar-refractivity contribution is 0.938. The fraction of sp³-hybridized carbons (Fsp3) is 0.217. The Hall–Kier alpha value is -2.54. The normalized spacial score (nSPS) is 14.0. The van der Waals surface area contributed by atoms with Crippen LogP contribution in [0.1, 0.15) is 25.0 Å². The minimum atomic E-state index is 1.06. The van der Waals surface area contributed by atoms with E-state index in [-0.39, 0.29) is 0 Å². The molecule has 0 saturated carbocycles. The van der Waals surface area contributed by atoms with Crippen LogP contribution >= 0.6 is 0 Å². The number of hydrogen-bond donors (Lipinski definition) is 0. The van der Waals surface area contributed by atoms with Crippen LogP contribution in [0.5, 0.6) is 0 Å². The maximum atomic E-state index is 2.40. The number of allylic oxidation sites excluding steroid dienone is 2. The Kier molecular flexibility index (Phi) is 3.65. The van der Waals surface area contributed by atoms with Gasteiger partial charge in [0.15, 0.2) is 0 Å². The van der Waals surface area contributed by atoms with Crippen molar-refractivity contribution in [2.45, 2.75) is 26.7 Å². The average Bonchev–Trinajstić information content (AvgIpc) is 2.88. The van der Waals surface area contributed by atoms with E-state index in [1.54, 1.807) is 0 Å². The summed E-state index contributed by atoms with van der Waals surface area (Å²) in [7, 11) is 2.22. The molecule has 0 unspecified atom stereocenters. The molecule has 0 aliphatic heterocycles. The molecule has 4 rings (SSSR count). The molecule has 1 aliphatic rings. The molecule has 24 heavy (non-hydrogen) atoms. The van der Waals surface area contributed by atoms with E-state index >= 15 is 0 Å². The predicted molar refractivity (Wildman–Crippen MR) is 102 cm³/mol. The lowest BCUT2D eigenvalue weighted by atomic mass is 9.86. The Bertz CT molecular complexity index is 837. The summed E-state index contributed by atoms with van der Waals surface area (Å²) in [5.41, 5.74) is 11.4. The summed E-state index contributed by atoms with van der Waals surface area (Å²) in [5.74, 6) is 0. The summed E-state index contributed by atoms with van der Waals surface area (Å²) >= 11 is 0. The number of fused-ring (bicyclic) bond motifs is 1. The molecule has 1 nitrogen and oxygen atoms in total. The summed E-state index contributed by atoms with van der Waals surface area (Å²) in [6.45, 7) is 4.56. The van der Waals surface area contributed by atoms with Crippen LogP contribution in [0, 0.1) is 0 Å². The van der Waals surface area contributed by atoms with Crippen LogP contribution < -0.4 is 0 Å². The summed E-state index contributed by atoms with van der Waals surface area (Å²) in [5, 5.41) is 0. The monoisotopic (exact) mass is 313 g/mol. The topological polar surface area (TPSA) is 4.93 Å². The standard InChI is InChI=1S/C23H23N/c1-16-14-20-21(15-17(16)2)23(19-12-8-5-9-13-19)24(3)22(20)18-10-6-4-7-11-18/h4-13H,14-15H2,1-3H3. The summed E-state index contributed by atoms with van der Waals surface area (Å²) < 4.78 is 2.40. The van der Waals surface area contributed by atoms with Crippen molar-refractivity contribution in [3.8, 4) is 22.5 Å². The Morgan fingerprint density at radius 1 is 0.625 bits per heavy atom. The molecule has 0 saturated heterocycles. The summed E-state index contributed by atoms with van der Waals surface area (Å²) in [4.78, 5) is 0.